The summed E-state index contributed by atoms with van der Waals surface area (Å²) in [6.07, 6.45) is 0. The second-order valence-corrected chi connectivity index (χ2v) is 6.71. The van der Waals surface area contributed by atoms with Crippen molar-refractivity contribution in [2.45, 2.75) is 18.4 Å². The number of benzene rings is 1. The third kappa shape index (κ3) is 3.89. The number of aromatic nitrogens is 3. The number of anilines is 2. The van der Waals surface area contributed by atoms with E-state index in [4.69, 9.17) is 5.73 Å². The van der Waals surface area contributed by atoms with Gasteiger partial charge in [-0.2, -0.15) is 15.0 Å². The average molecular weight is 322 g/mol. The molecular weight excluding hydrogens is 304 g/mol. The molecule has 0 bridgehead atoms. The molecule has 0 aliphatic heterocycles. The van der Waals surface area contributed by atoms with E-state index in [1.807, 2.05) is 6.92 Å². The topological polar surface area (TPSA) is 114 Å². The highest BCUT2D eigenvalue weighted by atomic mass is 32.2. The summed E-state index contributed by atoms with van der Waals surface area (Å²) in [7, 11) is -0.108. The maximum absolute atomic E-state index is 12.2. The summed E-state index contributed by atoms with van der Waals surface area (Å²) < 4.78 is 26.8. The molecule has 0 saturated carbocycles. The van der Waals surface area contributed by atoms with Crippen LogP contribution in [0, 0.1) is 6.92 Å². The van der Waals surface area contributed by atoms with E-state index < -0.39 is 10.0 Å². The first kappa shape index (κ1) is 16.1. The first-order chi connectivity index (χ1) is 10.3. The van der Waals surface area contributed by atoms with Crippen molar-refractivity contribution in [1.29, 1.82) is 0 Å². The Morgan fingerprint density at radius 2 is 1.77 bits per heavy atom. The lowest BCUT2D eigenvalue weighted by Crippen LogP contribution is -2.25. The van der Waals surface area contributed by atoms with Crippen molar-refractivity contribution in [3.05, 3.63) is 35.7 Å². The molecular formula is C13H18N6O2S. The van der Waals surface area contributed by atoms with Crippen molar-refractivity contribution < 1.29 is 8.42 Å². The van der Waals surface area contributed by atoms with Crippen LogP contribution in [0.3, 0.4) is 0 Å². The van der Waals surface area contributed by atoms with Crippen molar-refractivity contribution >= 4 is 21.9 Å². The summed E-state index contributed by atoms with van der Waals surface area (Å²) in [6, 6.07) is 6.56. The molecule has 0 unspecified atom stereocenters. The monoisotopic (exact) mass is 322 g/mol. The number of hydrogen-bond donors (Lipinski definition) is 2. The van der Waals surface area contributed by atoms with Crippen molar-refractivity contribution in [2.24, 2.45) is 0 Å². The third-order valence-electron chi connectivity index (χ3n) is 2.84. The average Bonchev–Trinajstić information content (AvgIpc) is 2.45. The molecule has 0 amide bonds. The van der Waals surface area contributed by atoms with Gasteiger partial charge in [-0.3, -0.25) is 0 Å². The molecule has 8 nitrogen and oxygen atoms in total. The molecule has 118 valence electrons. The van der Waals surface area contributed by atoms with Gasteiger partial charge in [0.25, 0.3) is 0 Å². The Kier molecular flexibility index (Phi) is 4.57. The van der Waals surface area contributed by atoms with Crippen LogP contribution < -0.4 is 15.4 Å². The molecule has 1 heterocycles. The fourth-order valence-corrected chi connectivity index (χ4v) is 2.64. The zero-order valence-electron chi connectivity index (χ0n) is 12.6. The van der Waals surface area contributed by atoms with Crippen molar-refractivity contribution in [2.75, 3.05) is 24.7 Å². The first-order valence-electron chi connectivity index (χ1n) is 6.52. The molecule has 1 aromatic carbocycles. The predicted molar refractivity (Wildman–Crippen MR) is 83.8 cm³/mol. The van der Waals surface area contributed by atoms with Gasteiger partial charge in [0.15, 0.2) is 5.82 Å². The van der Waals surface area contributed by atoms with E-state index in [-0.39, 0.29) is 23.2 Å². The van der Waals surface area contributed by atoms with Gasteiger partial charge in [0, 0.05) is 14.1 Å². The van der Waals surface area contributed by atoms with E-state index in [9.17, 15) is 8.42 Å². The summed E-state index contributed by atoms with van der Waals surface area (Å²) in [4.78, 5) is 13.9. The van der Waals surface area contributed by atoms with E-state index >= 15 is 0 Å². The van der Waals surface area contributed by atoms with E-state index in [1.165, 1.54) is 0 Å². The molecule has 9 heteroatoms. The second kappa shape index (κ2) is 6.24. The van der Waals surface area contributed by atoms with Gasteiger partial charge in [-0.15, -0.1) is 0 Å². The highest BCUT2D eigenvalue weighted by Crippen LogP contribution is 2.11. The lowest BCUT2D eigenvalue weighted by Gasteiger charge is -2.12. The van der Waals surface area contributed by atoms with E-state index in [2.05, 4.69) is 19.7 Å². The molecule has 3 N–H and O–H groups in total. The molecule has 0 fully saturated rings. The molecule has 22 heavy (non-hydrogen) atoms. The van der Waals surface area contributed by atoms with Crippen LogP contribution >= 0.6 is 0 Å². The minimum Gasteiger partial charge on any atom is -0.368 e. The van der Waals surface area contributed by atoms with Gasteiger partial charge in [-0.1, -0.05) is 17.7 Å². The molecule has 0 aliphatic rings. The zero-order chi connectivity index (χ0) is 16.3. The molecule has 0 spiro atoms. The van der Waals surface area contributed by atoms with E-state index in [0.717, 1.165) is 5.56 Å². The molecule has 0 aliphatic carbocycles. The van der Waals surface area contributed by atoms with Crippen LogP contribution in [0.2, 0.25) is 0 Å². The van der Waals surface area contributed by atoms with Crippen LogP contribution in [0.1, 0.15) is 11.4 Å². The highest BCUT2D eigenvalue weighted by Gasteiger charge is 2.15. The van der Waals surface area contributed by atoms with Gasteiger partial charge in [0.2, 0.25) is 21.9 Å². The second-order valence-electron chi connectivity index (χ2n) is 4.94. The highest BCUT2D eigenvalue weighted by molar-refractivity contribution is 7.89. The van der Waals surface area contributed by atoms with Crippen molar-refractivity contribution in [3.63, 3.8) is 0 Å². The Morgan fingerprint density at radius 3 is 2.36 bits per heavy atom. The van der Waals surface area contributed by atoms with Crippen LogP contribution in [0.4, 0.5) is 11.9 Å². The van der Waals surface area contributed by atoms with Crippen LogP contribution in [0.15, 0.2) is 29.2 Å². The number of nitrogen functional groups attached to an aromatic ring is 1. The molecule has 1 aromatic heterocycles. The van der Waals surface area contributed by atoms with Crippen LogP contribution in [-0.4, -0.2) is 37.5 Å². The number of sulfonamides is 1. The van der Waals surface area contributed by atoms with Gasteiger partial charge in [-0.05, 0) is 19.1 Å². The first-order valence-corrected chi connectivity index (χ1v) is 8.00. The van der Waals surface area contributed by atoms with Crippen molar-refractivity contribution in [3.8, 4) is 0 Å². The number of aryl methyl sites for hydroxylation is 1. The van der Waals surface area contributed by atoms with Gasteiger partial charge in [0.05, 0.1) is 11.4 Å². The maximum atomic E-state index is 12.2. The maximum Gasteiger partial charge on any atom is 0.240 e. The Labute approximate surface area is 129 Å². The number of nitrogens with two attached hydrogens (primary N) is 1. The van der Waals surface area contributed by atoms with Gasteiger partial charge in [-0.25, -0.2) is 13.1 Å². The van der Waals surface area contributed by atoms with Crippen LogP contribution in [0.5, 0.6) is 0 Å². The largest absolute Gasteiger partial charge is 0.368 e. The van der Waals surface area contributed by atoms with Crippen LogP contribution in [0.25, 0.3) is 0 Å². The molecule has 0 radical (unpaired) electrons. The molecule has 0 saturated heterocycles. The summed E-state index contributed by atoms with van der Waals surface area (Å²) >= 11 is 0. The lowest BCUT2D eigenvalue weighted by molar-refractivity contribution is 0.579. The third-order valence-corrected chi connectivity index (χ3v) is 4.26. The smallest absolute Gasteiger partial charge is 0.240 e. The summed E-state index contributed by atoms with van der Waals surface area (Å²) in [5.41, 5.74) is 6.58. The van der Waals surface area contributed by atoms with Gasteiger partial charge >= 0.3 is 0 Å². The molecule has 2 aromatic rings. The quantitative estimate of drug-likeness (QED) is 0.814. The summed E-state index contributed by atoms with van der Waals surface area (Å²) in [5, 5.41) is 0. The number of nitrogens with one attached hydrogen (secondary N) is 1. The lowest BCUT2D eigenvalue weighted by atomic mass is 10.2. The Morgan fingerprint density at radius 1 is 1.14 bits per heavy atom. The minimum absolute atomic E-state index is 0.0447. The molecule has 2 rings (SSSR count). The SMILES string of the molecule is Cc1ccc(S(=O)(=O)NCc2nc(N)nc(N(C)C)n2)cc1. The van der Waals surface area contributed by atoms with Crippen molar-refractivity contribution in [1.82, 2.24) is 19.7 Å². The normalized spacial score (nSPS) is 11.4. The Bertz CT molecular complexity index is 759. The summed E-state index contributed by atoms with van der Waals surface area (Å²) in [6.45, 7) is 1.82. The number of nitrogens with zero attached hydrogens (tertiary/aromatic N) is 4. The number of rotatable bonds is 5. The van der Waals surface area contributed by atoms with Gasteiger partial charge < -0.3 is 10.6 Å². The fraction of sp³-hybridized carbons (Fsp3) is 0.308. The Hall–Kier alpha value is -2.26. The number of hydrogen-bond acceptors (Lipinski definition) is 7. The van der Waals surface area contributed by atoms with Gasteiger partial charge in [0.1, 0.15) is 0 Å². The van der Waals surface area contributed by atoms with Crippen LogP contribution in [-0.2, 0) is 16.6 Å². The minimum atomic E-state index is -3.63. The predicted octanol–water partition coefficient (Wildman–Crippen LogP) is 0.307. The molecule has 0 atom stereocenters. The standard InChI is InChI=1S/C13H18N6O2S/c1-9-4-6-10(7-5-9)22(20,21)15-8-11-16-12(14)18-13(17-11)19(2)3/h4-7,15H,8H2,1-3H3,(H2,14,16,17,18). The summed E-state index contributed by atoms with van der Waals surface area (Å²) in [5.74, 6) is 0.673. The fourth-order valence-electron chi connectivity index (χ4n) is 1.66. The van der Waals surface area contributed by atoms with E-state index in [0.29, 0.717) is 5.95 Å². The Balaban J connectivity index is 2.17. The zero-order valence-corrected chi connectivity index (χ0v) is 13.4. The van der Waals surface area contributed by atoms with E-state index in [1.54, 1.807) is 43.3 Å².